The van der Waals surface area contributed by atoms with Gasteiger partial charge in [0.25, 0.3) is 0 Å². The van der Waals surface area contributed by atoms with Gasteiger partial charge in [0.05, 0.1) is 27.0 Å². The second-order valence-electron chi connectivity index (χ2n) is 6.48. The number of aliphatic imine (C=N–C) groups is 1. The molecule has 4 nitrogen and oxygen atoms in total. The Hall–Kier alpha value is -2.49. The normalized spacial score (nSPS) is 11.6. The van der Waals surface area contributed by atoms with Crippen LogP contribution < -0.4 is 14.2 Å². The number of ether oxygens (including phenoxy) is 3. The predicted molar refractivity (Wildman–Crippen MR) is 98.5 cm³/mol. The molecule has 4 heteroatoms. The molecule has 0 heterocycles. The number of hydrogen-bond acceptors (Lipinski definition) is 4. The van der Waals surface area contributed by atoms with Crippen LogP contribution in [0.5, 0.6) is 17.2 Å². The van der Waals surface area contributed by atoms with Crippen LogP contribution in [-0.4, -0.2) is 27.5 Å². The average Bonchev–Trinajstić information content (AvgIpc) is 2.58. The highest BCUT2D eigenvalue weighted by Crippen LogP contribution is 2.39. The predicted octanol–water partition coefficient (Wildman–Crippen LogP) is 4.76. The van der Waals surface area contributed by atoms with Gasteiger partial charge in [0.15, 0.2) is 11.5 Å². The summed E-state index contributed by atoms with van der Waals surface area (Å²) < 4.78 is 16.2. The largest absolute Gasteiger partial charge is 0.493 e. The number of nitrogens with zero attached hydrogens (tertiary/aromatic N) is 1. The number of rotatable bonds is 5. The van der Waals surface area contributed by atoms with Crippen LogP contribution in [0.15, 0.2) is 41.4 Å². The molecule has 2 aromatic carbocycles. The van der Waals surface area contributed by atoms with E-state index in [4.69, 9.17) is 14.2 Å². The lowest BCUT2D eigenvalue weighted by Crippen LogP contribution is -2.10. The Labute approximate surface area is 144 Å². The second kappa shape index (κ2) is 7.39. The maximum atomic E-state index is 5.47. The maximum Gasteiger partial charge on any atom is 0.203 e. The van der Waals surface area contributed by atoms with Crippen LogP contribution >= 0.6 is 0 Å². The molecule has 0 aliphatic carbocycles. The van der Waals surface area contributed by atoms with Crippen LogP contribution in [0.3, 0.4) is 0 Å². The van der Waals surface area contributed by atoms with Crippen molar-refractivity contribution in [2.45, 2.75) is 26.2 Å². The summed E-state index contributed by atoms with van der Waals surface area (Å²) >= 11 is 0. The zero-order chi connectivity index (χ0) is 17.7. The lowest BCUT2D eigenvalue weighted by Gasteiger charge is -2.18. The van der Waals surface area contributed by atoms with Crippen molar-refractivity contribution in [2.75, 3.05) is 21.3 Å². The van der Waals surface area contributed by atoms with Gasteiger partial charge in [-0.05, 0) is 35.2 Å². The van der Waals surface area contributed by atoms with Crippen LogP contribution in [0.1, 0.15) is 31.9 Å². The molecule has 0 saturated heterocycles. The van der Waals surface area contributed by atoms with Gasteiger partial charge < -0.3 is 14.2 Å². The van der Waals surface area contributed by atoms with Gasteiger partial charge in [-0.15, -0.1) is 0 Å². The smallest absolute Gasteiger partial charge is 0.203 e. The van der Waals surface area contributed by atoms with Crippen LogP contribution in [-0.2, 0) is 5.41 Å². The summed E-state index contributed by atoms with van der Waals surface area (Å²) in [5.41, 5.74) is 3.13. The molecule has 0 bridgehead atoms. The van der Waals surface area contributed by atoms with Crippen molar-refractivity contribution in [3.8, 4) is 17.2 Å². The van der Waals surface area contributed by atoms with E-state index in [-0.39, 0.29) is 5.41 Å². The Morgan fingerprint density at radius 3 is 1.92 bits per heavy atom. The summed E-state index contributed by atoms with van der Waals surface area (Å²) in [6.07, 6.45) is 1.77. The Kier molecular flexibility index (Phi) is 5.50. The van der Waals surface area contributed by atoms with Crippen LogP contribution in [0.4, 0.5) is 5.69 Å². The van der Waals surface area contributed by atoms with Gasteiger partial charge in [0.2, 0.25) is 5.75 Å². The lowest BCUT2D eigenvalue weighted by molar-refractivity contribution is 0.324. The minimum absolute atomic E-state index is 0.134. The highest BCUT2D eigenvalue weighted by atomic mass is 16.5. The molecule has 24 heavy (non-hydrogen) atoms. The number of benzene rings is 2. The third kappa shape index (κ3) is 3.88. The van der Waals surface area contributed by atoms with Gasteiger partial charge >= 0.3 is 0 Å². The summed E-state index contributed by atoms with van der Waals surface area (Å²) in [5.74, 6) is 1.79. The van der Waals surface area contributed by atoms with Gasteiger partial charge in [-0.1, -0.05) is 32.9 Å². The monoisotopic (exact) mass is 327 g/mol. The third-order valence-corrected chi connectivity index (χ3v) is 3.82. The molecule has 0 unspecified atom stereocenters. The third-order valence-electron chi connectivity index (χ3n) is 3.82. The molecule has 0 radical (unpaired) electrons. The Morgan fingerprint density at radius 1 is 0.792 bits per heavy atom. The van der Waals surface area contributed by atoms with Crippen LogP contribution in [0.25, 0.3) is 0 Å². The zero-order valence-corrected chi connectivity index (χ0v) is 15.2. The molecular weight excluding hydrogens is 302 g/mol. The molecule has 0 amide bonds. The van der Waals surface area contributed by atoms with Crippen molar-refractivity contribution < 1.29 is 14.2 Å². The SMILES string of the molecule is COc1ccc(C=Nc2ccc(C(C)(C)C)cc2)c(OC)c1OC. The quantitative estimate of drug-likeness (QED) is 0.743. The average molecular weight is 327 g/mol. The highest BCUT2D eigenvalue weighted by Gasteiger charge is 2.15. The molecule has 0 aliphatic heterocycles. The topological polar surface area (TPSA) is 40.0 Å². The van der Waals surface area contributed by atoms with Crippen molar-refractivity contribution in [1.82, 2.24) is 0 Å². The van der Waals surface area contributed by atoms with Crippen molar-refractivity contribution in [3.63, 3.8) is 0 Å². The first-order valence-corrected chi connectivity index (χ1v) is 7.84. The zero-order valence-electron chi connectivity index (χ0n) is 15.2. The molecule has 0 N–H and O–H groups in total. The van der Waals surface area contributed by atoms with E-state index in [0.717, 1.165) is 11.3 Å². The Bertz CT molecular complexity index is 713. The molecular formula is C20H25NO3. The van der Waals surface area contributed by atoms with E-state index in [9.17, 15) is 0 Å². The molecule has 0 aromatic heterocycles. The van der Waals surface area contributed by atoms with Gasteiger partial charge in [-0.2, -0.15) is 0 Å². The fourth-order valence-electron chi connectivity index (χ4n) is 2.42. The lowest BCUT2D eigenvalue weighted by atomic mass is 9.87. The van der Waals surface area contributed by atoms with E-state index in [0.29, 0.717) is 17.2 Å². The first kappa shape index (κ1) is 17.9. The number of hydrogen-bond donors (Lipinski definition) is 0. The van der Waals surface area contributed by atoms with E-state index in [1.54, 1.807) is 27.5 Å². The fraction of sp³-hybridized carbons (Fsp3) is 0.350. The number of methoxy groups -OCH3 is 3. The van der Waals surface area contributed by atoms with E-state index in [1.165, 1.54) is 5.56 Å². The summed E-state index contributed by atoms with van der Waals surface area (Å²) in [5, 5.41) is 0. The van der Waals surface area contributed by atoms with E-state index >= 15 is 0 Å². The van der Waals surface area contributed by atoms with Crippen molar-refractivity contribution in [3.05, 3.63) is 47.5 Å². The van der Waals surface area contributed by atoms with Crippen LogP contribution in [0, 0.1) is 0 Å². The molecule has 128 valence electrons. The maximum absolute atomic E-state index is 5.47. The van der Waals surface area contributed by atoms with Gasteiger partial charge in [-0.3, -0.25) is 4.99 Å². The van der Waals surface area contributed by atoms with Gasteiger partial charge in [0, 0.05) is 11.8 Å². The first-order valence-electron chi connectivity index (χ1n) is 7.84. The molecule has 2 aromatic rings. The molecule has 0 spiro atoms. The Morgan fingerprint density at radius 2 is 1.42 bits per heavy atom. The summed E-state index contributed by atoms with van der Waals surface area (Å²) in [4.78, 5) is 4.54. The summed E-state index contributed by atoms with van der Waals surface area (Å²) in [7, 11) is 4.79. The fourth-order valence-corrected chi connectivity index (χ4v) is 2.42. The first-order chi connectivity index (χ1) is 11.4. The van der Waals surface area contributed by atoms with E-state index < -0.39 is 0 Å². The summed E-state index contributed by atoms with van der Waals surface area (Å²) in [6, 6.07) is 12.0. The Balaban J connectivity index is 2.32. The van der Waals surface area contributed by atoms with Gasteiger partial charge in [-0.25, -0.2) is 0 Å². The molecule has 0 aliphatic rings. The minimum Gasteiger partial charge on any atom is -0.493 e. The van der Waals surface area contributed by atoms with E-state index in [2.05, 4.69) is 37.9 Å². The van der Waals surface area contributed by atoms with Gasteiger partial charge in [0.1, 0.15) is 0 Å². The molecule has 0 fully saturated rings. The molecule has 0 saturated carbocycles. The van der Waals surface area contributed by atoms with Crippen molar-refractivity contribution >= 4 is 11.9 Å². The molecule has 0 atom stereocenters. The highest BCUT2D eigenvalue weighted by molar-refractivity contribution is 5.87. The molecule has 2 rings (SSSR count). The summed E-state index contributed by atoms with van der Waals surface area (Å²) in [6.45, 7) is 6.58. The van der Waals surface area contributed by atoms with E-state index in [1.807, 2.05) is 24.3 Å². The van der Waals surface area contributed by atoms with Crippen molar-refractivity contribution in [2.24, 2.45) is 4.99 Å². The second-order valence-corrected chi connectivity index (χ2v) is 6.48. The minimum atomic E-state index is 0.134. The van der Waals surface area contributed by atoms with Crippen LogP contribution in [0.2, 0.25) is 0 Å². The van der Waals surface area contributed by atoms with Crippen molar-refractivity contribution in [1.29, 1.82) is 0 Å². The standard InChI is InChI=1S/C20H25NO3/c1-20(2,3)15-8-10-16(11-9-15)21-13-14-7-12-17(22-4)19(24-6)18(14)23-5/h7-13H,1-6H3.